The second-order valence-corrected chi connectivity index (χ2v) is 12.1. The van der Waals surface area contributed by atoms with Crippen LogP contribution in [0.25, 0.3) is 16.6 Å². The second-order valence-electron chi connectivity index (χ2n) is 12.1. The molecule has 2 atom stereocenters. The van der Waals surface area contributed by atoms with Gasteiger partial charge in [0, 0.05) is 49.4 Å². The Morgan fingerprint density at radius 3 is 2.62 bits per heavy atom. The SMILES string of the molecule is CN1CCCC1c1cn2cc(NC(=O)c3ccc4c(c3)c(C3CCN(C(=O)OC(C)(C)C)C3)nn4C)ccc2n1. The molecule has 2 saturated heterocycles. The summed E-state index contributed by atoms with van der Waals surface area (Å²) in [6, 6.07) is 9.84. The van der Waals surface area contributed by atoms with E-state index in [-0.39, 0.29) is 17.9 Å². The van der Waals surface area contributed by atoms with Crippen LogP contribution < -0.4 is 5.32 Å². The Labute approximate surface area is 233 Å². The van der Waals surface area contributed by atoms with Gasteiger partial charge in [-0.3, -0.25) is 14.4 Å². The third-order valence-corrected chi connectivity index (χ3v) is 7.96. The number of amides is 2. The van der Waals surface area contributed by atoms with Gasteiger partial charge in [0.1, 0.15) is 11.2 Å². The quantitative estimate of drug-likeness (QED) is 0.391. The molecule has 4 aromatic rings. The van der Waals surface area contributed by atoms with Gasteiger partial charge in [-0.1, -0.05) is 0 Å². The Hall–Kier alpha value is -3.92. The number of anilines is 1. The standard InChI is InChI=1S/C30H37N7O3/c1-30(2,3)40-29(39)36-14-12-20(16-36)27-22-15-19(8-10-24(22)35(5)33-27)28(38)31-21-9-11-26-32-23(18-37(26)17-21)25-7-6-13-34(25)4/h8-11,15,17-18,20,25H,6-7,12-14,16H2,1-5H3,(H,31,38). The average molecular weight is 544 g/mol. The van der Waals surface area contributed by atoms with Crippen LogP contribution in [0.3, 0.4) is 0 Å². The molecule has 2 unspecified atom stereocenters. The molecule has 3 aromatic heterocycles. The molecule has 2 fully saturated rings. The number of nitrogens with zero attached hydrogens (tertiary/aromatic N) is 6. The first-order valence-corrected chi connectivity index (χ1v) is 14.0. The number of benzene rings is 1. The van der Waals surface area contributed by atoms with Crippen molar-refractivity contribution in [2.75, 3.05) is 32.0 Å². The highest BCUT2D eigenvalue weighted by Crippen LogP contribution is 2.33. The number of ether oxygens (including phenoxy) is 1. The van der Waals surface area contributed by atoms with Crippen LogP contribution in [0.2, 0.25) is 0 Å². The van der Waals surface area contributed by atoms with Crippen LogP contribution in [0.1, 0.15) is 73.7 Å². The van der Waals surface area contributed by atoms with E-state index in [4.69, 9.17) is 14.8 Å². The molecule has 0 radical (unpaired) electrons. The summed E-state index contributed by atoms with van der Waals surface area (Å²) in [4.78, 5) is 34.8. The Kier molecular flexibility index (Phi) is 6.53. The highest BCUT2D eigenvalue weighted by molar-refractivity contribution is 6.06. The van der Waals surface area contributed by atoms with Crippen LogP contribution in [0.4, 0.5) is 10.5 Å². The van der Waals surface area contributed by atoms with Gasteiger partial charge in [0.2, 0.25) is 0 Å². The second kappa shape index (κ2) is 9.92. The fourth-order valence-electron chi connectivity index (χ4n) is 5.94. The van der Waals surface area contributed by atoms with E-state index >= 15 is 0 Å². The molecule has 5 heterocycles. The van der Waals surface area contributed by atoms with Gasteiger partial charge in [-0.05, 0) is 84.0 Å². The lowest BCUT2D eigenvalue weighted by Crippen LogP contribution is -2.35. The van der Waals surface area contributed by atoms with Gasteiger partial charge < -0.3 is 19.4 Å². The molecule has 10 heteroatoms. The number of rotatable bonds is 4. The average Bonchev–Trinajstić information content (AvgIpc) is 3.68. The first-order chi connectivity index (χ1) is 19.1. The summed E-state index contributed by atoms with van der Waals surface area (Å²) >= 11 is 0. The van der Waals surface area contributed by atoms with Crippen molar-refractivity contribution in [1.82, 2.24) is 29.0 Å². The van der Waals surface area contributed by atoms with E-state index in [1.54, 1.807) is 4.90 Å². The molecule has 40 heavy (non-hydrogen) atoms. The monoisotopic (exact) mass is 543 g/mol. The van der Waals surface area contributed by atoms with E-state index in [1.165, 1.54) is 6.42 Å². The summed E-state index contributed by atoms with van der Waals surface area (Å²) in [5, 5.41) is 8.77. The Bertz CT molecular complexity index is 1600. The number of nitrogens with one attached hydrogen (secondary N) is 1. The molecule has 210 valence electrons. The van der Waals surface area contributed by atoms with Crippen LogP contribution in [0.5, 0.6) is 0 Å². The molecule has 2 aliphatic heterocycles. The van der Waals surface area contributed by atoms with Gasteiger partial charge in [0.15, 0.2) is 0 Å². The summed E-state index contributed by atoms with van der Waals surface area (Å²) in [7, 11) is 4.05. The summed E-state index contributed by atoms with van der Waals surface area (Å²) in [5.41, 5.74) is 4.52. The predicted octanol–water partition coefficient (Wildman–Crippen LogP) is 4.96. The minimum atomic E-state index is -0.535. The van der Waals surface area contributed by atoms with Gasteiger partial charge in [-0.25, -0.2) is 9.78 Å². The van der Waals surface area contributed by atoms with Crippen LogP contribution in [0, 0.1) is 0 Å². The number of fused-ring (bicyclic) bond motifs is 2. The van der Waals surface area contributed by atoms with E-state index in [1.807, 2.05) is 73.4 Å². The number of aromatic nitrogens is 4. The lowest BCUT2D eigenvalue weighted by molar-refractivity contribution is 0.0292. The fourth-order valence-corrected chi connectivity index (χ4v) is 5.94. The number of imidazole rings is 1. The maximum atomic E-state index is 13.3. The maximum absolute atomic E-state index is 13.3. The molecule has 0 bridgehead atoms. The van der Waals surface area contributed by atoms with Crippen molar-refractivity contribution in [3.8, 4) is 0 Å². The molecule has 6 rings (SSSR count). The molecular formula is C30H37N7O3. The lowest BCUT2D eigenvalue weighted by Gasteiger charge is -2.24. The zero-order chi connectivity index (χ0) is 28.2. The van der Waals surface area contributed by atoms with Crippen LogP contribution in [0.15, 0.2) is 42.7 Å². The van der Waals surface area contributed by atoms with E-state index in [2.05, 4.69) is 23.5 Å². The number of hydrogen-bond donors (Lipinski definition) is 1. The number of aryl methyl sites for hydroxylation is 1. The van der Waals surface area contributed by atoms with Gasteiger partial charge in [0.25, 0.3) is 5.91 Å². The highest BCUT2D eigenvalue weighted by Gasteiger charge is 2.33. The van der Waals surface area contributed by atoms with E-state index in [0.717, 1.165) is 47.3 Å². The van der Waals surface area contributed by atoms with Gasteiger partial charge >= 0.3 is 6.09 Å². The molecule has 1 N–H and O–H groups in total. The minimum absolute atomic E-state index is 0.0753. The molecule has 1 aromatic carbocycles. The number of likely N-dealkylation sites (tertiary alicyclic amines) is 2. The van der Waals surface area contributed by atoms with Gasteiger partial charge in [-0.2, -0.15) is 5.10 Å². The van der Waals surface area contributed by atoms with Gasteiger partial charge in [0.05, 0.1) is 28.6 Å². The largest absolute Gasteiger partial charge is 0.444 e. The van der Waals surface area contributed by atoms with E-state index in [0.29, 0.717) is 30.4 Å². The summed E-state index contributed by atoms with van der Waals surface area (Å²) in [6.45, 7) is 7.87. The summed E-state index contributed by atoms with van der Waals surface area (Å²) in [5.74, 6) is -0.111. The number of carbonyl (C=O) groups excluding carboxylic acids is 2. The first kappa shape index (κ1) is 26.3. The zero-order valence-electron chi connectivity index (χ0n) is 23.8. The fraction of sp³-hybridized carbons (Fsp3) is 0.467. The number of pyridine rings is 1. The third-order valence-electron chi connectivity index (χ3n) is 7.96. The Morgan fingerprint density at radius 2 is 1.88 bits per heavy atom. The normalized spacial score (nSPS) is 20.1. The summed E-state index contributed by atoms with van der Waals surface area (Å²) in [6.07, 6.45) is 6.77. The molecule has 0 saturated carbocycles. The third kappa shape index (κ3) is 5.03. The molecule has 0 spiro atoms. The van der Waals surface area contributed by atoms with Crippen molar-refractivity contribution in [2.24, 2.45) is 7.05 Å². The van der Waals surface area contributed by atoms with Crippen LogP contribution in [-0.4, -0.2) is 73.2 Å². The minimum Gasteiger partial charge on any atom is -0.444 e. The smallest absolute Gasteiger partial charge is 0.410 e. The van der Waals surface area contributed by atoms with Crippen LogP contribution in [-0.2, 0) is 11.8 Å². The molecule has 2 amide bonds. The van der Waals surface area contributed by atoms with Crippen LogP contribution >= 0.6 is 0 Å². The maximum Gasteiger partial charge on any atom is 0.410 e. The van der Waals surface area contributed by atoms with E-state index in [9.17, 15) is 9.59 Å². The molecular weight excluding hydrogens is 506 g/mol. The van der Waals surface area contributed by atoms with E-state index < -0.39 is 5.60 Å². The highest BCUT2D eigenvalue weighted by atomic mass is 16.6. The first-order valence-electron chi connectivity index (χ1n) is 14.0. The van der Waals surface area contributed by atoms with Gasteiger partial charge in [-0.15, -0.1) is 0 Å². The molecule has 2 aliphatic rings. The summed E-state index contributed by atoms with van der Waals surface area (Å²) < 4.78 is 9.39. The number of carbonyl (C=O) groups is 2. The van der Waals surface area contributed by atoms with Crippen molar-refractivity contribution in [3.05, 3.63) is 59.7 Å². The number of hydrogen-bond acceptors (Lipinski definition) is 6. The van der Waals surface area contributed by atoms with Crippen molar-refractivity contribution >= 4 is 34.2 Å². The van der Waals surface area contributed by atoms with Crippen molar-refractivity contribution in [2.45, 2.75) is 57.6 Å². The van der Waals surface area contributed by atoms with Crippen molar-refractivity contribution in [1.29, 1.82) is 0 Å². The van der Waals surface area contributed by atoms with Crippen molar-refractivity contribution < 1.29 is 14.3 Å². The zero-order valence-corrected chi connectivity index (χ0v) is 23.8. The Balaban J connectivity index is 1.20. The lowest BCUT2D eigenvalue weighted by atomic mass is 10.00. The van der Waals surface area contributed by atoms with Crippen molar-refractivity contribution in [3.63, 3.8) is 0 Å². The topological polar surface area (TPSA) is 97.0 Å². The predicted molar refractivity (Wildman–Crippen MR) is 154 cm³/mol. The molecule has 10 nitrogen and oxygen atoms in total. The Morgan fingerprint density at radius 1 is 1.05 bits per heavy atom. The molecule has 0 aliphatic carbocycles.